The minimum Gasteiger partial charge on any atom is -0.457 e. The maximum Gasteiger partial charge on any atom is 0.132 e. The zero-order chi connectivity index (χ0) is 35.4. The molecule has 2 aromatic heterocycles. The molecule has 1 aliphatic heterocycles. The SMILES string of the molecule is c1ccc2c(c1)Oc1ccccc1C21c2cc(-c3cc(-c4nc5ccccc5s4)cc(-c4nc5ccccc5s4)c3)ccc2-c2cc3ccccc3cc21. The van der Waals surface area contributed by atoms with Crippen LogP contribution in [0.15, 0.2) is 170 Å². The van der Waals surface area contributed by atoms with Gasteiger partial charge in [-0.15, -0.1) is 22.7 Å². The van der Waals surface area contributed by atoms with Gasteiger partial charge in [0.05, 0.1) is 25.8 Å². The summed E-state index contributed by atoms with van der Waals surface area (Å²) in [5.74, 6) is 1.79. The maximum atomic E-state index is 6.66. The van der Waals surface area contributed by atoms with Crippen molar-refractivity contribution < 1.29 is 4.74 Å². The van der Waals surface area contributed by atoms with Crippen LogP contribution >= 0.6 is 22.7 Å². The Morgan fingerprint density at radius 3 is 1.54 bits per heavy atom. The average molecular weight is 725 g/mol. The molecule has 0 saturated heterocycles. The van der Waals surface area contributed by atoms with Gasteiger partial charge in [0.1, 0.15) is 21.5 Å². The molecular weight excluding hydrogens is 697 g/mol. The van der Waals surface area contributed by atoms with Crippen LogP contribution in [0, 0.1) is 0 Å². The van der Waals surface area contributed by atoms with E-state index < -0.39 is 5.41 Å². The first-order chi connectivity index (χ1) is 26.7. The monoisotopic (exact) mass is 724 g/mol. The highest BCUT2D eigenvalue weighted by molar-refractivity contribution is 7.22. The van der Waals surface area contributed by atoms with Crippen molar-refractivity contribution in [1.29, 1.82) is 0 Å². The lowest BCUT2D eigenvalue weighted by Gasteiger charge is -2.39. The quantitative estimate of drug-likeness (QED) is 0.182. The highest BCUT2D eigenvalue weighted by Crippen LogP contribution is 2.63. The van der Waals surface area contributed by atoms with E-state index in [9.17, 15) is 0 Å². The van der Waals surface area contributed by atoms with E-state index in [1.54, 1.807) is 22.7 Å². The third kappa shape index (κ3) is 4.28. The summed E-state index contributed by atoms with van der Waals surface area (Å²) in [4.78, 5) is 10.2. The Labute approximate surface area is 319 Å². The number of thiazole rings is 2. The summed E-state index contributed by atoms with van der Waals surface area (Å²) in [7, 11) is 0. The molecular formula is C49H28N2OS2. The molecule has 0 unspecified atom stereocenters. The van der Waals surface area contributed by atoms with E-state index >= 15 is 0 Å². The van der Waals surface area contributed by atoms with Crippen molar-refractivity contribution in [3.8, 4) is 54.9 Å². The van der Waals surface area contributed by atoms with Crippen LogP contribution in [0.25, 0.3) is 74.6 Å². The summed E-state index contributed by atoms with van der Waals surface area (Å²) >= 11 is 3.47. The van der Waals surface area contributed by atoms with Crippen molar-refractivity contribution in [1.82, 2.24) is 9.97 Å². The predicted octanol–water partition coefficient (Wildman–Crippen LogP) is 13.5. The van der Waals surface area contributed by atoms with Gasteiger partial charge in [-0.3, -0.25) is 0 Å². The lowest BCUT2D eigenvalue weighted by atomic mass is 9.65. The number of benzene rings is 8. The zero-order valence-electron chi connectivity index (χ0n) is 28.8. The van der Waals surface area contributed by atoms with E-state index in [4.69, 9.17) is 14.7 Å². The fraction of sp³-hybridized carbons (Fsp3) is 0.0204. The number of hydrogen-bond donors (Lipinski definition) is 0. The van der Waals surface area contributed by atoms with Gasteiger partial charge >= 0.3 is 0 Å². The van der Waals surface area contributed by atoms with E-state index in [0.29, 0.717) is 0 Å². The summed E-state index contributed by atoms with van der Waals surface area (Å²) in [5, 5.41) is 4.48. The molecule has 252 valence electrons. The number of ether oxygens (including phenoxy) is 1. The zero-order valence-corrected chi connectivity index (χ0v) is 30.4. The summed E-state index contributed by atoms with van der Waals surface area (Å²) in [6.45, 7) is 0. The number of rotatable bonds is 3. The average Bonchev–Trinajstić information content (AvgIpc) is 3.94. The first-order valence-corrected chi connectivity index (χ1v) is 19.8. The van der Waals surface area contributed by atoms with Gasteiger partial charge < -0.3 is 4.74 Å². The molecule has 0 amide bonds. The maximum absolute atomic E-state index is 6.66. The molecule has 10 aromatic rings. The number of fused-ring (bicyclic) bond motifs is 12. The molecule has 0 atom stereocenters. The predicted molar refractivity (Wildman–Crippen MR) is 224 cm³/mol. The lowest BCUT2D eigenvalue weighted by molar-refractivity contribution is 0.436. The molecule has 3 nitrogen and oxygen atoms in total. The van der Waals surface area contributed by atoms with E-state index in [1.807, 2.05) is 0 Å². The third-order valence-corrected chi connectivity index (χ3v) is 13.3. The van der Waals surface area contributed by atoms with Gasteiger partial charge in [-0.2, -0.15) is 0 Å². The van der Waals surface area contributed by atoms with Gasteiger partial charge in [-0.1, -0.05) is 97.1 Å². The van der Waals surface area contributed by atoms with E-state index in [-0.39, 0.29) is 0 Å². The molecule has 54 heavy (non-hydrogen) atoms. The summed E-state index contributed by atoms with van der Waals surface area (Å²) < 4.78 is 9.03. The second-order valence-corrected chi connectivity index (χ2v) is 16.2. The van der Waals surface area contributed by atoms with Crippen molar-refractivity contribution in [2.24, 2.45) is 0 Å². The Balaban J connectivity index is 1.14. The molecule has 0 bridgehead atoms. The fourth-order valence-corrected chi connectivity index (χ4v) is 10.7. The standard InChI is InChI=1S/C49H28N2OS2/c1-2-12-30-27-40-36(26-29(30)11-1)35-22-21-31(28-39(35)49(40)37-13-3-7-17-43(37)52-44-18-8-4-14-38(44)49)32-23-33(47-50-41-15-5-9-19-45(41)53-47)25-34(24-32)48-51-42-16-6-10-20-46(42)54-48/h1-28H. The molecule has 2 aliphatic rings. The van der Waals surface area contributed by atoms with Crippen LogP contribution in [-0.4, -0.2) is 9.97 Å². The van der Waals surface area contributed by atoms with Crippen LogP contribution in [0.4, 0.5) is 0 Å². The van der Waals surface area contributed by atoms with E-state index in [0.717, 1.165) is 65.9 Å². The smallest absolute Gasteiger partial charge is 0.132 e. The van der Waals surface area contributed by atoms with Crippen LogP contribution in [0.2, 0.25) is 0 Å². The van der Waals surface area contributed by atoms with Gasteiger partial charge in [0.2, 0.25) is 0 Å². The van der Waals surface area contributed by atoms with Crippen molar-refractivity contribution in [2.45, 2.75) is 5.41 Å². The van der Waals surface area contributed by atoms with Crippen molar-refractivity contribution in [3.05, 3.63) is 192 Å². The Kier molecular flexibility index (Phi) is 6.30. The minimum absolute atomic E-state index is 0.573. The van der Waals surface area contributed by atoms with Gasteiger partial charge in [-0.25, -0.2) is 9.97 Å². The molecule has 0 fully saturated rings. The molecule has 0 N–H and O–H groups in total. The molecule has 0 saturated carbocycles. The Hall–Kier alpha value is -6.40. The van der Waals surface area contributed by atoms with Crippen molar-refractivity contribution >= 4 is 53.9 Å². The van der Waals surface area contributed by atoms with Gasteiger partial charge in [0.25, 0.3) is 0 Å². The van der Waals surface area contributed by atoms with E-state index in [1.165, 1.54) is 42.4 Å². The summed E-state index contributed by atoms with van der Waals surface area (Å²) in [6, 6.07) is 61.4. The highest BCUT2D eigenvalue weighted by atomic mass is 32.1. The second-order valence-electron chi connectivity index (χ2n) is 14.1. The first-order valence-electron chi connectivity index (χ1n) is 18.1. The van der Waals surface area contributed by atoms with Gasteiger partial charge in [-0.05, 0) is 117 Å². The lowest BCUT2D eigenvalue weighted by Crippen LogP contribution is -2.32. The summed E-state index contributed by atoms with van der Waals surface area (Å²) in [6.07, 6.45) is 0. The van der Waals surface area contributed by atoms with E-state index in [2.05, 4.69) is 170 Å². The summed E-state index contributed by atoms with van der Waals surface area (Å²) in [5.41, 5.74) is 13.3. The topological polar surface area (TPSA) is 35.0 Å². The molecule has 12 rings (SSSR count). The molecule has 0 radical (unpaired) electrons. The van der Waals surface area contributed by atoms with Crippen molar-refractivity contribution in [2.75, 3.05) is 0 Å². The molecule has 1 aliphatic carbocycles. The Morgan fingerprint density at radius 2 is 0.907 bits per heavy atom. The Bertz CT molecular complexity index is 2970. The van der Waals surface area contributed by atoms with Gasteiger partial charge in [0.15, 0.2) is 0 Å². The number of aromatic nitrogens is 2. The number of hydrogen-bond acceptors (Lipinski definition) is 5. The van der Waals surface area contributed by atoms with Crippen LogP contribution in [-0.2, 0) is 5.41 Å². The number of para-hydroxylation sites is 4. The molecule has 5 heteroatoms. The fourth-order valence-electron chi connectivity index (χ4n) is 8.79. The number of nitrogens with zero attached hydrogens (tertiary/aromatic N) is 2. The molecule has 8 aromatic carbocycles. The first kappa shape index (κ1) is 30.1. The minimum atomic E-state index is -0.573. The molecule has 1 spiro atoms. The Morgan fingerprint density at radius 1 is 0.389 bits per heavy atom. The molecule has 3 heterocycles. The van der Waals surface area contributed by atoms with Gasteiger partial charge in [0, 0.05) is 22.3 Å². The highest BCUT2D eigenvalue weighted by Gasteiger charge is 2.51. The van der Waals surface area contributed by atoms with Crippen molar-refractivity contribution in [3.63, 3.8) is 0 Å². The third-order valence-electron chi connectivity index (χ3n) is 11.2. The van der Waals surface area contributed by atoms with Crippen LogP contribution < -0.4 is 4.74 Å². The van der Waals surface area contributed by atoms with Crippen LogP contribution in [0.5, 0.6) is 11.5 Å². The largest absolute Gasteiger partial charge is 0.457 e. The second kappa shape index (κ2) is 11.3. The normalized spacial score (nSPS) is 13.5. The van der Waals surface area contributed by atoms with Crippen LogP contribution in [0.3, 0.4) is 0 Å². The van der Waals surface area contributed by atoms with Crippen LogP contribution in [0.1, 0.15) is 22.3 Å².